The maximum Gasteiger partial charge on any atom is 0.258 e. The lowest BCUT2D eigenvalue weighted by molar-refractivity contribution is -0.134. The second kappa shape index (κ2) is 8.58. The van der Waals surface area contributed by atoms with Crippen LogP contribution in [0, 0.1) is 6.92 Å². The van der Waals surface area contributed by atoms with Crippen LogP contribution in [0.3, 0.4) is 0 Å². The number of imide groups is 1. The number of carbonyl (C=O) groups is 3. The number of amides is 3. The number of para-hydroxylation sites is 1. The summed E-state index contributed by atoms with van der Waals surface area (Å²) in [4.78, 5) is 36.3. The summed E-state index contributed by atoms with van der Waals surface area (Å²) >= 11 is 0. The molecule has 1 fully saturated rings. The molecule has 174 valence electrons. The zero-order valence-electron chi connectivity index (χ0n) is 18.7. The van der Waals surface area contributed by atoms with Gasteiger partial charge in [-0.05, 0) is 31.0 Å². The first-order valence-electron chi connectivity index (χ1n) is 10.9. The quantitative estimate of drug-likeness (QED) is 0.412. The van der Waals surface area contributed by atoms with Crippen LogP contribution >= 0.6 is 0 Å². The number of pyridine rings is 1. The van der Waals surface area contributed by atoms with E-state index in [0.717, 1.165) is 16.6 Å². The van der Waals surface area contributed by atoms with Gasteiger partial charge in [0.25, 0.3) is 5.91 Å². The van der Waals surface area contributed by atoms with E-state index in [1.165, 1.54) is 0 Å². The molecule has 4 aromatic rings. The van der Waals surface area contributed by atoms with Gasteiger partial charge in [-0.25, -0.2) is 0 Å². The van der Waals surface area contributed by atoms with Crippen LogP contribution < -0.4 is 15.4 Å². The van der Waals surface area contributed by atoms with Crippen LogP contribution in [0.15, 0.2) is 36.5 Å². The van der Waals surface area contributed by atoms with Crippen molar-refractivity contribution in [1.29, 1.82) is 0 Å². The Bertz CT molecular complexity index is 1440. The summed E-state index contributed by atoms with van der Waals surface area (Å²) in [5.74, 6) is -0.348. The van der Waals surface area contributed by atoms with Crippen molar-refractivity contribution in [2.45, 2.75) is 32.2 Å². The molecule has 5 rings (SSSR count). The van der Waals surface area contributed by atoms with E-state index in [0.29, 0.717) is 29.2 Å². The zero-order chi connectivity index (χ0) is 23.8. The number of nitrogens with zero attached hydrogens (tertiary/aromatic N) is 5. The highest BCUT2D eigenvalue weighted by atomic mass is 16.5. The molecule has 3 aromatic heterocycles. The summed E-state index contributed by atoms with van der Waals surface area (Å²) in [7, 11) is 1.75. The van der Waals surface area contributed by atoms with Crippen molar-refractivity contribution in [2.75, 3.05) is 6.61 Å². The Morgan fingerprint density at radius 1 is 1.24 bits per heavy atom. The summed E-state index contributed by atoms with van der Waals surface area (Å²) in [6.07, 6.45) is 2.52. The minimum Gasteiger partial charge on any atom is -0.482 e. The third-order valence-electron chi connectivity index (χ3n) is 5.93. The SMILES string of the molecule is Cc1cccn2c(CNC(=O)COc3cccc4c(C5CCC(=O)NC5=O)nn(C)c34)nnc12. The second-order valence-corrected chi connectivity index (χ2v) is 8.23. The Labute approximate surface area is 194 Å². The first kappa shape index (κ1) is 21.6. The number of rotatable bonds is 6. The largest absolute Gasteiger partial charge is 0.482 e. The van der Waals surface area contributed by atoms with Crippen LogP contribution in [0.5, 0.6) is 5.75 Å². The molecule has 11 heteroatoms. The summed E-state index contributed by atoms with van der Waals surface area (Å²) in [5.41, 5.74) is 3.01. The molecular formula is C23H23N7O4. The van der Waals surface area contributed by atoms with Crippen LogP contribution in [0.4, 0.5) is 0 Å². The highest BCUT2D eigenvalue weighted by molar-refractivity contribution is 6.03. The average molecular weight is 461 g/mol. The number of hydrogen-bond acceptors (Lipinski definition) is 7. The number of ether oxygens (including phenoxy) is 1. The molecular weight excluding hydrogens is 438 g/mol. The van der Waals surface area contributed by atoms with Crippen LogP contribution in [-0.4, -0.2) is 48.7 Å². The maximum atomic E-state index is 12.5. The van der Waals surface area contributed by atoms with Crippen molar-refractivity contribution in [3.05, 3.63) is 53.6 Å². The van der Waals surface area contributed by atoms with Crippen molar-refractivity contribution in [3.8, 4) is 5.75 Å². The molecule has 1 saturated heterocycles. The van der Waals surface area contributed by atoms with Gasteiger partial charge in [0.05, 0.1) is 18.2 Å². The van der Waals surface area contributed by atoms with Gasteiger partial charge < -0.3 is 10.1 Å². The van der Waals surface area contributed by atoms with Gasteiger partial charge in [0.2, 0.25) is 11.8 Å². The van der Waals surface area contributed by atoms with Crippen molar-refractivity contribution >= 4 is 34.3 Å². The molecule has 2 N–H and O–H groups in total. The fourth-order valence-electron chi connectivity index (χ4n) is 4.25. The van der Waals surface area contributed by atoms with E-state index >= 15 is 0 Å². The van der Waals surface area contributed by atoms with E-state index in [1.54, 1.807) is 23.9 Å². The average Bonchev–Trinajstić information content (AvgIpc) is 3.38. The summed E-state index contributed by atoms with van der Waals surface area (Å²) in [6, 6.07) is 9.24. The number of carbonyl (C=O) groups excluding carboxylic acids is 3. The van der Waals surface area contributed by atoms with Crippen molar-refractivity contribution in [2.24, 2.45) is 7.05 Å². The van der Waals surface area contributed by atoms with E-state index in [4.69, 9.17) is 4.74 Å². The number of benzene rings is 1. The van der Waals surface area contributed by atoms with Crippen LogP contribution in [-0.2, 0) is 28.0 Å². The van der Waals surface area contributed by atoms with E-state index in [9.17, 15) is 14.4 Å². The third kappa shape index (κ3) is 3.85. The molecule has 0 bridgehead atoms. The first-order valence-corrected chi connectivity index (χ1v) is 10.9. The van der Waals surface area contributed by atoms with Gasteiger partial charge in [-0.1, -0.05) is 18.2 Å². The van der Waals surface area contributed by atoms with Gasteiger partial charge >= 0.3 is 0 Å². The van der Waals surface area contributed by atoms with Crippen LogP contribution in [0.1, 0.15) is 35.8 Å². The standard InChI is InChI=1S/C23H23N7O4/c1-13-5-4-10-30-17(26-27-22(13)30)11-24-19(32)12-34-16-7-3-6-14-20(28-29(2)21(14)16)15-8-9-18(31)25-23(15)33/h3-7,10,15H,8-9,11-12H2,1-2H3,(H,24,32)(H,25,31,33). The fourth-order valence-corrected chi connectivity index (χ4v) is 4.25. The highest BCUT2D eigenvalue weighted by Crippen LogP contribution is 2.34. The first-order chi connectivity index (χ1) is 16.4. The number of piperidine rings is 1. The summed E-state index contributed by atoms with van der Waals surface area (Å²) in [5, 5.41) is 18.8. The van der Waals surface area contributed by atoms with E-state index in [1.807, 2.05) is 35.7 Å². The number of aromatic nitrogens is 5. The minimum absolute atomic E-state index is 0.201. The van der Waals surface area contributed by atoms with Gasteiger partial charge in [0, 0.05) is 25.1 Å². The number of nitrogens with one attached hydrogen (secondary N) is 2. The summed E-state index contributed by atoms with van der Waals surface area (Å²) < 4.78 is 9.28. The Morgan fingerprint density at radius 3 is 2.91 bits per heavy atom. The van der Waals surface area contributed by atoms with Crippen molar-refractivity contribution < 1.29 is 19.1 Å². The monoisotopic (exact) mass is 461 g/mol. The molecule has 34 heavy (non-hydrogen) atoms. The molecule has 0 spiro atoms. The van der Waals surface area contributed by atoms with Gasteiger partial charge in [0.15, 0.2) is 18.1 Å². The normalized spacial score (nSPS) is 16.1. The van der Waals surface area contributed by atoms with E-state index < -0.39 is 5.92 Å². The predicted octanol–water partition coefficient (Wildman–Crippen LogP) is 1.14. The summed E-state index contributed by atoms with van der Waals surface area (Å²) in [6.45, 7) is 1.96. The highest BCUT2D eigenvalue weighted by Gasteiger charge is 2.32. The lowest BCUT2D eigenvalue weighted by Crippen LogP contribution is -2.39. The van der Waals surface area contributed by atoms with Gasteiger partial charge in [-0.15, -0.1) is 10.2 Å². The van der Waals surface area contributed by atoms with Crippen LogP contribution in [0.2, 0.25) is 0 Å². The Morgan fingerprint density at radius 2 is 2.09 bits per heavy atom. The van der Waals surface area contributed by atoms with E-state index in [2.05, 4.69) is 25.9 Å². The molecule has 0 aliphatic carbocycles. The zero-order valence-corrected chi connectivity index (χ0v) is 18.7. The molecule has 1 atom stereocenters. The number of aryl methyl sites for hydroxylation is 2. The molecule has 1 aromatic carbocycles. The topological polar surface area (TPSA) is 133 Å². The van der Waals surface area contributed by atoms with Crippen molar-refractivity contribution in [1.82, 2.24) is 35.0 Å². The molecule has 11 nitrogen and oxygen atoms in total. The van der Waals surface area contributed by atoms with Crippen LogP contribution in [0.25, 0.3) is 16.6 Å². The fraction of sp³-hybridized carbons (Fsp3) is 0.304. The lowest BCUT2D eigenvalue weighted by Gasteiger charge is -2.19. The van der Waals surface area contributed by atoms with Crippen molar-refractivity contribution in [3.63, 3.8) is 0 Å². The second-order valence-electron chi connectivity index (χ2n) is 8.23. The smallest absolute Gasteiger partial charge is 0.258 e. The Hall–Kier alpha value is -4.28. The molecule has 0 radical (unpaired) electrons. The molecule has 3 amide bonds. The maximum absolute atomic E-state index is 12.5. The lowest BCUT2D eigenvalue weighted by atomic mass is 9.93. The number of hydrogen-bond donors (Lipinski definition) is 2. The Balaban J connectivity index is 1.29. The predicted molar refractivity (Wildman–Crippen MR) is 121 cm³/mol. The third-order valence-corrected chi connectivity index (χ3v) is 5.93. The molecule has 1 unspecified atom stereocenters. The Kier molecular flexibility index (Phi) is 5.44. The molecule has 0 saturated carbocycles. The van der Waals surface area contributed by atoms with E-state index in [-0.39, 0.29) is 37.3 Å². The molecule has 4 heterocycles. The molecule has 1 aliphatic heterocycles. The van der Waals surface area contributed by atoms with Gasteiger partial charge in [0.1, 0.15) is 11.3 Å². The van der Waals surface area contributed by atoms with Gasteiger partial charge in [-0.3, -0.25) is 28.8 Å². The van der Waals surface area contributed by atoms with Gasteiger partial charge in [-0.2, -0.15) is 5.10 Å². The minimum atomic E-state index is -0.512. The molecule has 1 aliphatic rings. The number of fused-ring (bicyclic) bond motifs is 2.